The van der Waals surface area contributed by atoms with E-state index in [0.717, 1.165) is 24.7 Å². The van der Waals surface area contributed by atoms with Gasteiger partial charge in [-0.15, -0.1) is 0 Å². The summed E-state index contributed by atoms with van der Waals surface area (Å²) in [6.07, 6.45) is 7.04. The van der Waals surface area contributed by atoms with Crippen molar-refractivity contribution in [3.8, 4) is 0 Å². The molecule has 1 unspecified atom stereocenters. The van der Waals surface area contributed by atoms with Gasteiger partial charge in [0.05, 0.1) is 6.04 Å². The number of carbonyl (C=O) groups excluding carboxylic acids is 2. The fourth-order valence-corrected chi connectivity index (χ4v) is 4.74. The average molecular weight is 423 g/mol. The Morgan fingerprint density at radius 3 is 2.39 bits per heavy atom. The predicted octanol–water partition coefficient (Wildman–Crippen LogP) is 2.96. The van der Waals surface area contributed by atoms with Gasteiger partial charge in [0.1, 0.15) is 12.8 Å². The van der Waals surface area contributed by atoms with Crippen LogP contribution in [0.25, 0.3) is 0 Å². The maximum Gasteiger partial charge on any atom is 0.414 e. The topological polar surface area (TPSA) is 65.1 Å². The molecular weight excluding hydrogens is 392 g/mol. The number of amides is 2. The summed E-state index contributed by atoms with van der Waals surface area (Å²) in [5.74, 6) is 0.798. The SMILES string of the molecule is CC1=CC(C2CC2)=CNC1N1CCN(C(=O)c2ccc(N3C(=O)OC[C@H]3C)cc2)CC1. The summed E-state index contributed by atoms with van der Waals surface area (Å²) >= 11 is 0. The highest BCUT2D eigenvalue weighted by Crippen LogP contribution is 2.38. The van der Waals surface area contributed by atoms with Crippen molar-refractivity contribution in [1.82, 2.24) is 15.1 Å². The van der Waals surface area contributed by atoms with Crippen molar-refractivity contribution in [2.75, 3.05) is 37.7 Å². The van der Waals surface area contributed by atoms with Crippen molar-refractivity contribution >= 4 is 17.7 Å². The third kappa shape index (κ3) is 3.94. The number of anilines is 1. The first kappa shape index (κ1) is 20.1. The largest absolute Gasteiger partial charge is 0.447 e. The zero-order valence-corrected chi connectivity index (χ0v) is 18.2. The molecule has 1 N–H and O–H groups in total. The molecule has 0 aromatic heterocycles. The Hall–Kier alpha value is -2.80. The molecule has 1 saturated carbocycles. The minimum Gasteiger partial charge on any atom is -0.447 e. The van der Waals surface area contributed by atoms with Gasteiger partial charge in [-0.05, 0) is 68.0 Å². The van der Waals surface area contributed by atoms with Gasteiger partial charge >= 0.3 is 6.09 Å². The maximum atomic E-state index is 13.0. The molecule has 3 fully saturated rings. The zero-order valence-electron chi connectivity index (χ0n) is 18.2. The molecule has 1 aliphatic carbocycles. The summed E-state index contributed by atoms with van der Waals surface area (Å²) in [4.78, 5) is 30.9. The predicted molar refractivity (Wildman–Crippen MR) is 119 cm³/mol. The molecule has 0 radical (unpaired) electrons. The summed E-state index contributed by atoms with van der Waals surface area (Å²) in [6, 6.07) is 7.28. The molecule has 1 aromatic rings. The van der Waals surface area contributed by atoms with Crippen LogP contribution in [0.2, 0.25) is 0 Å². The second kappa shape index (κ2) is 8.04. The quantitative estimate of drug-likeness (QED) is 0.808. The van der Waals surface area contributed by atoms with Gasteiger partial charge in [0.2, 0.25) is 0 Å². The molecule has 3 heterocycles. The highest BCUT2D eigenvalue weighted by atomic mass is 16.6. The van der Waals surface area contributed by atoms with E-state index in [0.29, 0.717) is 25.3 Å². The molecule has 0 spiro atoms. The monoisotopic (exact) mass is 422 g/mol. The molecule has 3 aliphatic heterocycles. The van der Waals surface area contributed by atoms with E-state index in [1.54, 1.807) is 4.90 Å². The van der Waals surface area contributed by atoms with E-state index in [9.17, 15) is 9.59 Å². The number of hydrogen-bond acceptors (Lipinski definition) is 5. The number of allylic oxidation sites excluding steroid dienone is 2. The van der Waals surface area contributed by atoms with Crippen LogP contribution < -0.4 is 10.2 Å². The third-order valence-corrected chi connectivity index (χ3v) is 6.73. The fourth-order valence-electron chi connectivity index (χ4n) is 4.74. The van der Waals surface area contributed by atoms with Gasteiger partial charge in [0.25, 0.3) is 5.91 Å². The minimum absolute atomic E-state index is 0.00299. The van der Waals surface area contributed by atoms with E-state index >= 15 is 0 Å². The number of hydrogen-bond donors (Lipinski definition) is 1. The molecule has 2 saturated heterocycles. The molecule has 5 rings (SSSR count). The molecule has 4 aliphatic rings. The lowest BCUT2D eigenvalue weighted by Gasteiger charge is -2.41. The normalized spacial score (nSPS) is 26.8. The Morgan fingerprint density at radius 1 is 1.10 bits per heavy atom. The number of rotatable bonds is 4. The lowest BCUT2D eigenvalue weighted by atomic mass is 10.0. The van der Waals surface area contributed by atoms with Gasteiger partial charge in [-0.25, -0.2) is 4.79 Å². The van der Waals surface area contributed by atoms with Crippen LogP contribution in [0.5, 0.6) is 0 Å². The van der Waals surface area contributed by atoms with Gasteiger partial charge in [0.15, 0.2) is 0 Å². The second-order valence-corrected chi connectivity index (χ2v) is 9.05. The number of benzene rings is 1. The van der Waals surface area contributed by atoms with Crippen LogP contribution in [0.4, 0.5) is 10.5 Å². The lowest BCUT2D eigenvalue weighted by Crippen LogP contribution is -2.55. The Balaban J connectivity index is 1.18. The van der Waals surface area contributed by atoms with E-state index < -0.39 is 0 Å². The maximum absolute atomic E-state index is 13.0. The average Bonchev–Trinajstić information content (AvgIpc) is 3.58. The number of nitrogens with one attached hydrogen (secondary N) is 1. The molecule has 2 amide bonds. The fraction of sp³-hybridized carbons (Fsp3) is 0.500. The Kier molecular flexibility index (Phi) is 5.22. The standard InChI is InChI=1S/C24H30N4O3/c1-16-13-20(18-3-4-18)14-25-22(16)26-9-11-27(12-10-26)23(29)19-5-7-21(8-6-19)28-17(2)15-31-24(28)30/h5-8,13-14,17-18,22,25H,3-4,9-12,15H2,1-2H3/t17-,22?/m1/s1. The van der Waals surface area contributed by atoms with E-state index in [1.807, 2.05) is 36.1 Å². The van der Waals surface area contributed by atoms with Crippen molar-refractivity contribution in [3.63, 3.8) is 0 Å². The zero-order chi connectivity index (χ0) is 21.5. The van der Waals surface area contributed by atoms with Crippen LogP contribution in [0.15, 0.2) is 47.7 Å². The first-order chi connectivity index (χ1) is 15.0. The molecule has 1 aromatic carbocycles. The van der Waals surface area contributed by atoms with E-state index in [-0.39, 0.29) is 24.2 Å². The van der Waals surface area contributed by atoms with Crippen molar-refractivity contribution in [3.05, 3.63) is 53.3 Å². The van der Waals surface area contributed by atoms with Crippen LogP contribution in [0.3, 0.4) is 0 Å². The Bertz CT molecular complexity index is 927. The van der Waals surface area contributed by atoms with Gasteiger partial charge < -0.3 is 15.0 Å². The molecular formula is C24H30N4O3. The van der Waals surface area contributed by atoms with Gasteiger partial charge in [-0.2, -0.15) is 0 Å². The van der Waals surface area contributed by atoms with Gasteiger partial charge in [0, 0.05) is 43.6 Å². The van der Waals surface area contributed by atoms with Crippen LogP contribution in [0.1, 0.15) is 37.0 Å². The van der Waals surface area contributed by atoms with E-state index in [1.165, 1.54) is 24.0 Å². The third-order valence-electron chi connectivity index (χ3n) is 6.73. The number of dihydropyridines is 1. The van der Waals surface area contributed by atoms with Crippen LogP contribution in [0, 0.1) is 5.92 Å². The van der Waals surface area contributed by atoms with Crippen molar-refractivity contribution in [2.24, 2.45) is 5.92 Å². The van der Waals surface area contributed by atoms with Crippen molar-refractivity contribution in [2.45, 2.75) is 38.9 Å². The molecule has 7 heteroatoms. The van der Waals surface area contributed by atoms with Gasteiger partial charge in [-0.3, -0.25) is 14.6 Å². The molecule has 2 atom stereocenters. The van der Waals surface area contributed by atoms with Gasteiger partial charge in [-0.1, -0.05) is 6.08 Å². The summed E-state index contributed by atoms with van der Waals surface area (Å²) in [6.45, 7) is 7.65. The van der Waals surface area contributed by atoms with E-state index in [2.05, 4.69) is 29.4 Å². The smallest absolute Gasteiger partial charge is 0.414 e. The van der Waals surface area contributed by atoms with Crippen LogP contribution >= 0.6 is 0 Å². The number of carbonyl (C=O) groups is 2. The number of nitrogens with zero attached hydrogens (tertiary/aromatic N) is 3. The molecule has 7 nitrogen and oxygen atoms in total. The summed E-state index contributed by atoms with van der Waals surface area (Å²) in [7, 11) is 0. The van der Waals surface area contributed by atoms with E-state index in [4.69, 9.17) is 4.74 Å². The second-order valence-electron chi connectivity index (χ2n) is 9.05. The molecule has 164 valence electrons. The highest BCUT2D eigenvalue weighted by molar-refractivity contribution is 5.96. The molecule has 31 heavy (non-hydrogen) atoms. The minimum atomic E-state index is -0.331. The first-order valence-corrected chi connectivity index (χ1v) is 11.2. The van der Waals surface area contributed by atoms with Crippen molar-refractivity contribution < 1.29 is 14.3 Å². The number of cyclic esters (lactones) is 1. The summed E-state index contributed by atoms with van der Waals surface area (Å²) in [5, 5.41) is 3.58. The van der Waals surface area contributed by atoms with Crippen LogP contribution in [-0.2, 0) is 4.74 Å². The summed E-state index contributed by atoms with van der Waals surface area (Å²) in [5.41, 5.74) is 4.21. The Morgan fingerprint density at radius 2 is 1.81 bits per heavy atom. The molecule has 0 bridgehead atoms. The lowest BCUT2D eigenvalue weighted by molar-refractivity contribution is 0.0578. The van der Waals surface area contributed by atoms with Crippen molar-refractivity contribution in [1.29, 1.82) is 0 Å². The highest BCUT2D eigenvalue weighted by Gasteiger charge is 2.33. The first-order valence-electron chi connectivity index (χ1n) is 11.2. The number of piperazine rings is 1. The van der Waals surface area contributed by atoms with Crippen LogP contribution in [-0.4, -0.2) is 66.8 Å². The summed E-state index contributed by atoms with van der Waals surface area (Å²) < 4.78 is 5.09. The Labute approximate surface area is 183 Å². The number of ether oxygens (including phenoxy) is 1.